The van der Waals surface area contributed by atoms with E-state index in [1.807, 2.05) is 6.07 Å². The Hall–Kier alpha value is -0.980. The highest BCUT2D eigenvalue weighted by atomic mass is 79.9. The molecule has 100 valence electrons. The smallest absolute Gasteiger partial charge is 0.156 e. The number of ether oxygens (including phenoxy) is 1. The van der Waals surface area contributed by atoms with E-state index >= 15 is 0 Å². The normalized spacial score (nSPS) is 10.4. The first-order valence-electron chi connectivity index (χ1n) is 5.44. The number of nitrogens with two attached hydrogens (primary N) is 1. The standard InChI is InChI=1S/C12H11BrClN3OS/c13-9-7-8(14)1-2-10(9)18-5-6-19-12-11(15)16-3-4-17-12/h1-4,7H,5-6H2,(H2,15,16). The Kier molecular flexibility index (Phi) is 5.30. The Labute approximate surface area is 128 Å². The van der Waals surface area contributed by atoms with Crippen LogP contribution < -0.4 is 10.5 Å². The largest absolute Gasteiger partial charge is 0.492 e. The van der Waals surface area contributed by atoms with Crippen LogP contribution in [0.2, 0.25) is 5.02 Å². The molecular formula is C12H11BrClN3OS. The number of nitrogens with zero attached hydrogens (tertiary/aromatic N) is 2. The predicted molar refractivity (Wildman–Crippen MR) is 81.8 cm³/mol. The van der Waals surface area contributed by atoms with E-state index in [1.54, 1.807) is 24.5 Å². The van der Waals surface area contributed by atoms with Crippen molar-refractivity contribution in [2.75, 3.05) is 18.1 Å². The van der Waals surface area contributed by atoms with Crippen molar-refractivity contribution in [2.24, 2.45) is 0 Å². The van der Waals surface area contributed by atoms with Gasteiger partial charge in [-0.1, -0.05) is 23.4 Å². The number of anilines is 1. The molecule has 0 aliphatic carbocycles. The van der Waals surface area contributed by atoms with E-state index in [2.05, 4.69) is 25.9 Å². The van der Waals surface area contributed by atoms with E-state index in [0.717, 1.165) is 21.0 Å². The molecule has 0 fully saturated rings. The Morgan fingerprint density at radius 3 is 2.84 bits per heavy atom. The fourth-order valence-electron chi connectivity index (χ4n) is 1.33. The molecule has 7 heteroatoms. The van der Waals surface area contributed by atoms with Crippen LogP contribution in [0.4, 0.5) is 5.82 Å². The van der Waals surface area contributed by atoms with E-state index in [0.29, 0.717) is 17.4 Å². The van der Waals surface area contributed by atoms with Gasteiger partial charge in [-0.15, -0.1) is 0 Å². The summed E-state index contributed by atoms with van der Waals surface area (Å²) in [6.07, 6.45) is 3.19. The maximum atomic E-state index is 5.86. The van der Waals surface area contributed by atoms with Gasteiger partial charge >= 0.3 is 0 Å². The lowest BCUT2D eigenvalue weighted by atomic mass is 10.3. The summed E-state index contributed by atoms with van der Waals surface area (Å²) in [6, 6.07) is 5.41. The molecular weight excluding hydrogens is 350 g/mol. The van der Waals surface area contributed by atoms with Crippen molar-refractivity contribution in [3.63, 3.8) is 0 Å². The fourth-order valence-corrected chi connectivity index (χ4v) is 2.82. The number of halogens is 2. The van der Waals surface area contributed by atoms with Crippen LogP contribution in [-0.2, 0) is 0 Å². The molecule has 2 rings (SSSR count). The predicted octanol–water partition coefficient (Wildman–Crippen LogP) is 3.65. The van der Waals surface area contributed by atoms with Crippen LogP contribution in [0.5, 0.6) is 5.75 Å². The van der Waals surface area contributed by atoms with E-state index in [9.17, 15) is 0 Å². The highest BCUT2D eigenvalue weighted by Crippen LogP contribution is 2.28. The number of nitrogen functional groups attached to an aromatic ring is 1. The molecule has 0 amide bonds. The van der Waals surface area contributed by atoms with Crippen molar-refractivity contribution < 1.29 is 4.74 Å². The number of hydrogen-bond acceptors (Lipinski definition) is 5. The Balaban J connectivity index is 1.83. The molecule has 0 aliphatic rings. The first-order chi connectivity index (χ1) is 9.16. The minimum Gasteiger partial charge on any atom is -0.492 e. The average molecular weight is 361 g/mol. The zero-order chi connectivity index (χ0) is 13.7. The highest BCUT2D eigenvalue weighted by molar-refractivity contribution is 9.10. The lowest BCUT2D eigenvalue weighted by molar-refractivity contribution is 0.342. The van der Waals surface area contributed by atoms with Gasteiger partial charge in [-0.25, -0.2) is 9.97 Å². The summed E-state index contributed by atoms with van der Waals surface area (Å²) in [5.74, 6) is 1.94. The van der Waals surface area contributed by atoms with Crippen molar-refractivity contribution >= 4 is 45.1 Å². The zero-order valence-electron chi connectivity index (χ0n) is 9.85. The summed E-state index contributed by atoms with van der Waals surface area (Å²) in [5.41, 5.74) is 5.70. The molecule has 2 N–H and O–H groups in total. The molecule has 0 saturated carbocycles. The third-order valence-corrected chi connectivity index (χ3v) is 3.98. The van der Waals surface area contributed by atoms with E-state index in [1.165, 1.54) is 11.8 Å². The molecule has 0 spiro atoms. The molecule has 1 aromatic carbocycles. The summed E-state index contributed by atoms with van der Waals surface area (Å²) < 4.78 is 6.48. The maximum absolute atomic E-state index is 5.86. The first kappa shape index (κ1) is 14.4. The van der Waals surface area contributed by atoms with Crippen LogP contribution in [0, 0.1) is 0 Å². The van der Waals surface area contributed by atoms with Gasteiger partial charge in [0.15, 0.2) is 5.82 Å². The molecule has 19 heavy (non-hydrogen) atoms. The molecule has 2 aromatic rings. The Morgan fingerprint density at radius 2 is 2.11 bits per heavy atom. The maximum Gasteiger partial charge on any atom is 0.156 e. The van der Waals surface area contributed by atoms with Gasteiger partial charge in [-0.2, -0.15) is 0 Å². The van der Waals surface area contributed by atoms with E-state index in [-0.39, 0.29) is 0 Å². The van der Waals surface area contributed by atoms with Crippen molar-refractivity contribution in [3.05, 3.63) is 40.1 Å². The SMILES string of the molecule is Nc1nccnc1SCCOc1ccc(Cl)cc1Br. The lowest BCUT2D eigenvalue weighted by Crippen LogP contribution is -2.02. The van der Waals surface area contributed by atoms with Crippen molar-refractivity contribution in [2.45, 2.75) is 5.03 Å². The Morgan fingerprint density at radius 1 is 1.32 bits per heavy atom. The summed E-state index contributed by atoms with van der Waals surface area (Å²) in [7, 11) is 0. The van der Waals surface area contributed by atoms with E-state index in [4.69, 9.17) is 22.1 Å². The van der Waals surface area contributed by atoms with E-state index < -0.39 is 0 Å². The van der Waals surface area contributed by atoms with Gasteiger partial charge in [-0.05, 0) is 34.1 Å². The second-order valence-electron chi connectivity index (χ2n) is 3.52. The summed E-state index contributed by atoms with van der Waals surface area (Å²) >= 11 is 10.8. The topological polar surface area (TPSA) is 61.0 Å². The number of rotatable bonds is 5. The van der Waals surface area contributed by atoms with Crippen LogP contribution >= 0.6 is 39.3 Å². The molecule has 0 radical (unpaired) electrons. The number of thioether (sulfide) groups is 1. The van der Waals surface area contributed by atoms with Crippen molar-refractivity contribution in [3.8, 4) is 5.75 Å². The molecule has 0 atom stereocenters. The van der Waals surface area contributed by atoms with Crippen molar-refractivity contribution in [1.29, 1.82) is 0 Å². The lowest BCUT2D eigenvalue weighted by Gasteiger charge is -2.08. The quantitative estimate of drug-likeness (QED) is 0.651. The van der Waals surface area contributed by atoms with Crippen LogP contribution in [0.25, 0.3) is 0 Å². The second-order valence-corrected chi connectivity index (χ2v) is 5.89. The molecule has 1 heterocycles. The molecule has 4 nitrogen and oxygen atoms in total. The van der Waals surface area contributed by atoms with Gasteiger partial charge in [0.2, 0.25) is 0 Å². The van der Waals surface area contributed by atoms with Gasteiger partial charge < -0.3 is 10.5 Å². The average Bonchev–Trinajstić information content (AvgIpc) is 2.38. The second kappa shape index (κ2) is 6.98. The minimum absolute atomic E-state index is 0.445. The third-order valence-electron chi connectivity index (χ3n) is 2.16. The van der Waals surface area contributed by atoms with Crippen LogP contribution in [-0.4, -0.2) is 22.3 Å². The number of aromatic nitrogens is 2. The first-order valence-corrected chi connectivity index (χ1v) is 7.59. The van der Waals surface area contributed by atoms with Crippen LogP contribution in [0.15, 0.2) is 40.1 Å². The zero-order valence-corrected chi connectivity index (χ0v) is 13.0. The van der Waals surface area contributed by atoms with Gasteiger partial charge in [0.05, 0.1) is 11.1 Å². The highest BCUT2D eigenvalue weighted by Gasteiger charge is 2.04. The van der Waals surface area contributed by atoms with Crippen molar-refractivity contribution in [1.82, 2.24) is 9.97 Å². The van der Waals surface area contributed by atoms with Gasteiger partial charge in [0.1, 0.15) is 10.8 Å². The van der Waals surface area contributed by atoms with Crippen LogP contribution in [0.3, 0.4) is 0 Å². The minimum atomic E-state index is 0.445. The molecule has 0 bridgehead atoms. The number of hydrogen-bond donors (Lipinski definition) is 1. The summed E-state index contributed by atoms with van der Waals surface area (Å²) in [4.78, 5) is 8.12. The monoisotopic (exact) mass is 359 g/mol. The Bertz CT molecular complexity index is 570. The van der Waals surface area contributed by atoms with Gasteiger partial charge in [0, 0.05) is 23.2 Å². The summed E-state index contributed by atoms with van der Waals surface area (Å²) in [6.45, 7) is 0.543. The fraction of sp³-hybridized carbons (Fsp3) is 0.167. The molecule has 0 saturated heterocycles. The van der Waals surface area contributed by atoms with Crippen LogP contribution in [0.1, 0.15) is 0 Å². The van der Waals surface area contributed by atoms with Gasteiger partial charge in [-0.3, -0.25) is 0 Å². The number of benzene rings is 1. The molecule has 0 unspecified atom stereocenters. The third kappa shape index (κ3) is 4.26. The molecule has 0 aliphatic heterocycles. The molecule has 1 aromatic heterocycles. The summed E-state index contributed by atoms with van der Waals surface area (Å²) in [5, 5.41) is 1.39. The van der Waals surface area contributed by atoms with Gasteiger partial charge in [0.25, 0.3) is 0 Å².